The van der Waals surface area contributed by atoms with Crippen molar-refractivity contribution in [3.05, 3.63) is 106 Å². The smallest absolute Gasteiger partial charge is 0.255 e. The number of nitrogens with one attached hydrogen (secondary N) is 1. The molecule has 3 aromatic carbocycles. The molecule has 0 bridgehead atoms. The Morgan fingerprint density at radius 3 is 2.67 bits per heavy atom. The maximum atomic E-state index is 12.7. The minimum atomic E-state index is -0.211. The highest BCUT2D eigenvalue weighted by Crippen LogP contribution is 2.21. The number of aromatic nitrogens is 2. The molecule has 1 N–H and O–H groups in total. The van der Waals surface area contributed by atoms with E-state index in [1.54, 1.807) is 23.1 Å². The molecule has 0 saturated heterocycles. The fraction of sp³-hybridized carbons (Fsp3) is 0.154. The van der Waals surface area contributed by atoms with Crippen molar-refractivity contribution < 1.29 is 14.3 Å². The van der Waals surface area contributed by atoms with Crippen LogP contribution in [0.1, 0.15) is 27.0 Å². The van der Waals surface area contributed by atoms with Gasteiger partial charge in [0.2, 0.25) is 0 Å². The number of hydrogen-bond donors (Lipinski definition) is 1. The third-order valence-electron chi connectivity index (χ3n) is 5.00. The maximum Gasteiger partial charge on any atom is 0.255 e. The van der Waals surface area contributed by atoms with Crippen molar-refractivity contribution in [3.63, 3.8) is 0 Å². The van der Waals surface area contributed by atoms with Crippen LogP contribution in [0.3, 0.4) is 0 Å². The highest BCUT2D eigenvalue weighted by molar-refractivity contribution is 9.10. The summed E-state index contributed by atoms with van der Waals surface area (Å²) < 4.78 is 14.3. The number of carbonyl (C=O) groups is 1. The summed E-state index contributed by atoms with van der Waals surface area (Å²) in [4.78, 5) is 12.7. The van der Waals surface area contributed by atoms with Crippen LogP contribution in [0.15, 0.2) is 83.6 Å². The van der Waals surface area contributed by atoms with Crippen LogP contribution in [0.5, 0.6) is 11.5 Å². The van der Waals surface area contributed by atoms with Crippen LogP contribution in [0.2, 0.25) is 0 Å². The molecule has 0 aliphatic rings. The van der Waals surface area contributed by atoms with E-state index in [0.29, 0.717) is 17.9 Å². The summed E-state index contributed by atoms with van der Waals surface area (Å²) in [6, 6.07) is 21.1. The standard InChI is InChI=1S/C26H24BrN3O3/c1-18-6-7-19(2)25(12-18)32-16-20-4-3-5-21(13-20)26(31)29-23-14-28-30(15-23)17-33-24-10-8-22(27)9-11-24/h3-15H,16-17H2,1-2H3,(H,29,31). The lowest BCUT2D eigenvalue weighted by atomic mass is 10.1. The Hall–Kier alpha value is -3.58. The number of anilines is 1. The van der Waals surface area contributed by atoms with Gasteiger partial charge in [0.05, 0.1) is 18.1 Å². The van der Waals surface area contributed by atoms with Crippen LogP contribution in [0, 0.1) is 13.8 Å². The highest BCUT2D eigenvalue weighted by atomic mass is 79.9. The number of halogens is 1. The molecule has 4 aromatic rings. The second-order valence-corrected chi connectivity index (χ2v) is 8.62. The van der Waals surface area contributed by atoms with Gasteiger partial charge in [-0.1, -0.05) is 40.2 Å². The molecule has 0 aliphatic heterocycles. The van der Waals surface area contributed by atoms with E-state index in [-0.39, 0.29) is 12.6 Å². The van der Waals surface area contributed by atoms with Gasteiger partial charge in [0.15, 0.2) is 6.73 Å². The van der Waals surface area contributed by atoms with Gasteiger partial charge in [0.25, 0.3) is 5.91 Å². The van der Waals surface area contributed by atoms with Crippen LogP contribution in [-0.4, -0.2) is 15.7 Å². The quantitative estimate of drug-likeness (QED) is 0.312. The van der Waals surface area contributed by atoms with Gasteiger partial charge in [-0.25, -0.2) is 4.68 Å². The summed E-state index contributed by atoms with van der Waals surface area (Å²) in [5, 5.41) is 7.12. The van der Waals surface area contributed by atoms with Crippen molar-refractivity contribution >= 4 is 27.5 Å². The predicted molar refractivity (Wildman–Crippen MR) is 132 cm³/mol. The Kier molecular flexibility index (Phi) is 7.10. The van der Waals surface area contributed by atoms with Crippen LogP contribution < -0.4 is 14.8 Å². The molecule has 1 heterocycles. The molecule has 7 heteroatoms. The van der Waals surface area contributed by atoms with E-state index in [0.717, 1.165) is 32.7 Å². The zero-order valence-corrected chi connectivity index (χ0v) is 20.0. The normalized spacial score (nSPS) is 10.6. The van der Waals surface area contributed by atoms with E-state index in [4.69, 9.17) is 9.47 Å². The Morgan fingerprint density at radius 1 is 1.03 bits per heavy atom. The summed E-state index contributed by atoms with van der Waals surface area (Å²) in [7, 11) is 0. The molecule has 1 aromatic heterocycles. The second-order valence-electron chi connectivity index (χ2n) is 7.71. The summed E-state index contributed by atoms with van der Waals surface area (Å²) >= 11 is 3.40. The molecule has 0 unspecified atom stereocenters. The number of benzene rings is 3. The predicted octanol–water partition coefficient (Wildman–Crippen LogP) is 6.13. The second kappa shape index (κ2) is 10.4. The molecule has 0 radical (unpaired) electrons. The minimum Gasteiger partial charge on any atom is -0.489 e. The number of hydrogen-bond acceptors (Lipinski definition) is 4. The van der Waals surface area contributed by atoms with Gasteiger partial charge in [-0.15, -0.1) is 0 Å². The maximum absolute atomic E-state index is 12.7. The largest absolute Gasteiger partial charge is 0.489 e. The molecular weight excluding hydrogens is 482 g/mol. The fourth-order valence-electron chi connectivity index (χ4n) is 3.20. The molecule has 0 atom stereocenters. The highest BCUT2D eigenvalue weighted by Gasteiger charge is 2.09. The lowest BCUT2D eigenvalue weighted by Crippen LogP contribution is -2.12. The van der Waals surface area contributed by atoms with E-state index in [1.165, 1.54) is 0 Å². The SMILES string of the molecule is Cc1ccc(C)c(OCc2cccc(C(=O)Nc3cnn(COc4ccc(Br)cc4)c3)c2)c1. The zero-order chi connectivity index (χ0) is 23.2. The summed E-state index contributed by atoms with van der Waals surface area (Å²) in [6.45, 7) is 4.68. The van der Waals surface area contributed by atoms with E-state index >= 15 is 0 Å². The fourth-order valence-corrected chi connectivity index (χ4v) is 3.46. The molecule has 0 aliphatic carbocycles. The van der Waals surface area contributed by atoms with Crippen LogP contribution in [0.4, 0.5) is 5.69 Å². The van der Waals surface area contributed by atoms with Gasteiger partial charge < -0.3 is 14.8 Å². The van der Waals surface area contributed by atoms with Gasteiger partial charge in [-0.3, -0.25) is 4.79 Å². The molecule has 0 fully saturated rings. The van der Waals surface area contributed by atoms with Crippen LogP contribution in [-0.2, 0) is 13.3 Å². The average Bonchev–Trinajstić information content (AvgIpc) is 3.26. The number of nitrogens with zero attached hydrogens (tertiary/aromatic N) is 2. The van der Waals surface area contributed by atoms with E-state index < -0.39 is 0 Å². The summed E-state index contributed by atoms with van der Waals surface area (Å²) in [5.74, 6) is 1.37. The topological polar surface area (TPSA) is 65.4 Å². The van der Waals surface area contributed by atoms with Crippen molar-refractivity contribution in [3.8, 4) is 11.5 Å². The van der Waals surface area contributed by atoms with Crippen LogP contribution in [0.25, 0.3) is 0 Å². The van der Waals surface area contributed by atoms with E-state index in [9.17, 15) is 4.79 Å². The monoisotopic (exact) mass is 505 g/mol. The molecule has 6 nitrogen and oxygen atoms in total. The Morgan fingerprint density at radius 2 is 1.85 bits per heavy atom. The molecule has 0 saturated carbocycles. The molecule has 0 spiro atoms. The van der Waals surface area contributed by atoms with Gasteiger partial charge >= 0.3 is 0 Å². The molecule has 168 valence electrons. The summed E-state index contributed by atoms with van der Waals surface area (Å²) in [6.07, 6.45) is 3.32. The first kappa shape index (κ1) is 22.6. The van der Waals surface area contributed by atoms with E-state index in [1.807, 2.05) is 68.4 Å². The Labute approximate surface area is 201 Å². The first-order valence-electron chi connectivity index (χ1n) is 10.5. The lowest BCUT2D eigenvalue weighted by Gasteiger charge is -2.11. The zero-order valence-electron chi connectivity index (χ0n) is 18.4. The van der Waals surface area contributed by atoms with Crippen LogP contribution >= 0.6 is 15.9 Å². The molecule has 4 rings (SSSR count). The lowest BCUT2D eigenvalue weighted by molar-refractivity contribution is 0.102. The van der Waals surface area contributed by atoms with Crippen molar-refractivity contribution in [1.82, 2.24) is 9.78 Å². The third kappa shape index (κ3) is 6.23. The van der Waals surface area contributed by atoms with Gasteiger partial charge in [0.1, 0.15) is 18.1 Å². The minimum absolute atomic E-state index is 0.211. The number of amides is 1. The molecule has 33 heavy (non-hydrogen) atoms. The first-order chi connectivity index (χ1) is 16.0. The Bertz CT molecular complexity index is 1250. The van der Waals surface area contributed by atoms with Crippen molar-refractivity contribution in [2.24, 2.45) is 0 Å². The molecule has 1 amide bonds. The van der Waals surface area contributed by atoms with Crippen molar-refractivity contribution in [2.45, 2.75) is 27.2 Å². The van der Waals surface area contributed by atoms with Gasteiger partial charge in [-0.05, 0) is 73.0 Å². The molecular formula is C26H24BrN3O3. The first-order valence-corrected chi connectivity index (χ1v) is 11.3. The number of rotatable bonds is 8. The third-order valence-corrected chi connectivity index (χ3v) is 5.52. The summed E-state index contributed by atoms with van der Waals surface area (Å²) in [5.41, 5.74) is 4.29. The average molecular weight is 506 g/mol. The number of ether oxygens (including phenoxy) is 2. The number of aryl methyl sites for hydroxylation is 2. The van der Waals surface area contributed by atoms with E-state index in [2.05, 4.69) is 32.4 Å². The number of carbonyl (C=O) groups excluding carboxylic acids is 1. The van der Waals surface area contributed by atoms with Gasteiger partial charge in [-0.2, -0.15) is 5.10 Å². The van der Waals surface area contributed by atoms with Crippen molar-refractivity contribution in [2.75, 3.05) is 5.32 Å². The Balaban J connectivity index is 1.34. The van der Waals surface area contributed by atoms with Crippen molar-refractivity contribution in [1.29, 1.82) is 0 Å². The van der Waals surface area contributed by atoms with Gasteiger partial charge in [0, 0.05) is 10.0 Å².